The first-order valence-corrected chi connectivity index (χ1v) is 8.72. The van der Waals surface area contributed by atoms with E-state index in [1.165, 1.54) is 0 Å². The Morgan fingerprint density at radius 3 is 2.56 bits per heavy atom. The van der Waals surface area contributed by atoms with Gasteiger partial charge in [0.1, 0.15) is 5.75 Å². The maximum Gasteiger partial charge on any atom is 0.308 e. The van der Waals surface area contributed by atoms with Crippen molar-refractivity contribution in [3.8, 4) is 11.8 Å². The second-order valence-corrected chi connectivity index (χ2v) is 6.06. The average molecular weight is 366 g/mol. The van der Waals surface area contributed by atoms with Crippen LogP contribution in [-0.4, -0.2) is 30.1 Å². The summed E-state index contributed by atoms with van der Waals surface area (Å²) in [6.45, 7) is 2.48. The zero-order chi connectivity index (χ0) is 19.6. The van der Waals surface area contributed by atoms with E-state index in [0.29, 0.717) is 18.6 Å². The fourth-order valence-corrected chi connectivity index (χ4v) is 2.65. The van der Waals surface area contributed by atoms with E-state index in [0.717, 1.165) is 16.9 Å². The molecule has 1 atom stereocenters. The number of rotatable bonds is 9. The van der Waals surface area contributed by atoms with Gasteiger partial charge >= 0.3 is 5.97 Å². The molecular weight excluding hydrogens is 344 g/mol. The van der Waals surface area contributed by atoms with Crippen LogP contribution >= 0.6 is 0 Å². The van der Waals surface area contributed by atoms with Gasteiger partial charge in [0.15, 0.2) is 0 Å². The summed E-state index contributed by atoms with van der Waals surface area (Å²) in [5.74, 6) is -1.33. The number of benzene rings is 2. The van der Waals surface area contributed by atoms with Crippen LogP contribution in [-0.2, 0) is 17.6 Å². The van der Waals surface area contributed by atoms with Gasteiger partial charge < -0.3 is 15.2 Å². The Morgan fingerprint density at radius 2 is 1.93 bits per heavy atom. The molecule has 6 heteroatoms. The second-order valence-electron chi connectivity index (χ2n) is 6.06. The van der Waals surface area contributed by atoms with Crippen LogP contribution in [0, 0.1) is 17.2 Å². The molecule has 0 aromatic heterocycles. The molecule has 0 heterocycles. The largest absolute Gasteiger partial charge is 0.494 e. The highest BCUT2D eigenvalue weighted by Crippen LogP contribution is 2.15. The van der Waals surface area contributed by atoms with Crippen LogP contribution in [0.25, 0.3) is 0 Å². The molecule has 0 fully saturated rings. The predicted octanol–water partition coefficient (Wildman–Crippen LogP) is 2.82. The minimum absolute atomic E-state index is 0.0177. The molecule has 0 aliphatic carbocycles. The Balaban J connectivity index is 1.97. The van der Waals surface area contributed by atoms with Gasteiger partial charge in [-0.1, -0.05) is 24.3 Å². The quantitative estimate of drug-likeness (QED) is 0.711. The Morgan fingerprint density at radius 1 is 1.19 bits per heavy atom. The van der Waals surface area contributed by atoms with Crippen LogP contribution in [0.15, 0.2) is 48.5 Å². The van der Waals surface area contributed by atoms with Crippen molar-refractivity contribution < 1.29 is 19.4 Å². The number of hydrogen-bond acceptors (Lipinski definition) is 4. The molecule has 0 saturated carbocycles. The highest BCUT2D eigenvalue weighted by atomic mass is 16.5. The van der Waals surface area contributed by atoms with Gasteiger partial charge in [0.05, 0.1) is 25.0 Å². The van der Waals surface area contributed by atoms with Crippen molar-refractivity contribution in [2.75, 3.05) is 13.2 Å². The smallest absolute Gasteiger partial charge is 0.308 e. The van der Waals surface area contributed by atoms with E-state index >= 15 is 0 Å². The molecule has 6 nitrogen and oxygen atoms in total. The highest BCUT2D eigenvalue weighted by Gasteiger charge is 2.19. The second kappa shape index (κ2) is 9.97. The lowest BCUT2D eigenvalue weighted by Gasteiger charge is -2.14. The fraction of sp³-hybridized carbons (Fsp3) is 0.286. The van der Waals surface area contributed by atoms with Crippen molar-refractivity contribution in [2.24, 2.45) is 5.92 Å². The van der Waals surface area contributed by atoms with E-state index in [1.807, 2.05) is 25.1 Å². The standard InChI is InChI=1S/C21H22N2O4/c1-2-27-19-8-6-16(7-9-19)13-18(21(25)26)14-23-20(24)17-5-3-4-15(12-17)10-11-22/h3-9,12,18H,2,10,13-14H2,1H3,(H,23,24)(H,25,26). The SMILES string of the molecule is CCOc1ccc(CC(CNC(=O)c2cccc(CC#N)c2)C(=O)O)cc1. The molecule has 0 radical (unpaired) electrons. The van der Waals surface area contributed by atoms with Crippen LogP contribution in [0.2, 0.25) is 0 Å². The molecule has 2 aromatic carbocycles. The Labute approximate surface area is 158 Å². The molecule has 2 N–H and O–H groups in total. The average Bonchev–Trinajstić information content (AvgIpc) is 2.66. The zero-order valence-corrected chi connectivity index (χ0v) is 15.1. The lowest BCUT2D eigenvalue weighted by Crippen LogP contribution is -2.34. The number of carboxylic acid groups (broad SMARTS) is 1. The number of hydrogen-bond donors (Lipinski definition) is 2. The summed E-state index contributed by atoms with van der Waals surface area (Å²) in [6, 6.07) is 16.0. The molecule has 2 aromatic rings. The first kappa shape index (κ1) is 20.0. The topological polar surface area (TPSA) is 99.4 Å². The van der Waals surface area contributed by atoms with Gasteiger partial charge in [-0.05, 0) is 48.7 Å². The summed E-state index contributed by atoms with van der Waals surface area (Å²) in [7, 11) is 0. The number of carboxylic acids is 1. The van der Waals surface area contributed by atoms with E-state index in [-0.39, 0.29) is 18.9 Å². The highest BCUT2D eigenvalue weighted by molar-refractivity contribution is 5.94. The van der Waals surface area contributed by atoms with Gasteiger partial charge in [0.25, 0.3) is 5.91 Å². The number of aliphatic carboxylic acids is 1. The molecule has 27 heavy (non-hydrogen) atoms. The minimum Gasteiger partial charge on any atom is -0.494 e. The van der Waals surface area contributed by atoms with E-state index in [1.54, 1.807) is 36.4 Å². The van der Waals surface area contributed by atoms with Gasteiger partial charge in [-0.25, -0.2) is 0 Å². The lowest BCUT2D eigenvalue weighted by atomic mass is 9.99. The molecule has 1 amide bonds. The summed E-state index contributed by atoms with van der Waals surface area (Å²) in [4.78, 5) is 23.8. The van der Waals surface area contributed by atoms with E-state index in [9.17, 15) is 14.7 Å². The van der Waals surface area contributed by atoms with Crippen molar-refractivity contribution in [1.82, 2.24) is 5.32 Å². The third-order valence-electron chi connectivity index (χ3n) is 4.05. The summed E-state index contributed by atoms with van der Waals surface area (Å²) in [5.41, 5.74) is 2.01. The lowest BCUT2D eigenvalue weighted by molar-refractivity contribution is -0.141. The Hall–Kier alpha value is -3.33. The Kier molecular flexibility index (Phi) is 7.38. The Bertz CT molecular complexity index is 825. The normalized spacial score (nSPS) is 11.3. The molecule has 0 bridgehead atoms. The van der Waals surface area contributed by atoms with E-state index in [4.69, 9.17) is 10.00 Å². The molecule has 0 aliphatic heterocycles. The predicted molar refractivity (Wildman–Crippen MR) is 101 cm³/mol. The van der Waals surface area contributed by atoms with Gasteiger partial charge in [-0.15, -0.1) is 0 Å². The number of carbonyl (C=O) groups is 2. The number of carbonyl (C=O) groups excluding carboxylic acids is 1. The van der Waals surface area contributed by atoms with E-state index < -0.39 is 11.9 Å². The number of nitriles is 1. The van der Waals surface area contributed by atoms with Gasteiger partial charge in [0, 0.05) is 12.1 Å². The molecule has 0 saturated heterocycles. The van der Waals surface area contributed by atoms with Crippen molar-refractivity contribution >= 4 is 11.9 Å². The maximum absolute atomic E-state index is 12.3. The third-order valence-corrected chi connectivity index (χ3v) is 4.05. The molecule has 2 rings (SSSR count). The van der Waals surface area contributed by atoms with Crippen molar-refractivity contribution in [3.05, 3.63) is 65.2 Å². The van der Waals surface area contributed by atoms with Gasteiger partial charge in [-0.3, -0.25) is 9.59 Å². The van der Waals surface area contributed by atoms with Crippen LogP contribution in [0.3, 0.4) is 0 Å². The molecule has 0 spiro atoms. The van der Waals surface area contributed by atoms with Gasteiger partial charge in [-0.2, -0.15) is 5.26 Å². The number of nitrogens with one attached hydrogen (secondary N) is 1. The van der Waals surface area contributed by atoms with Crippen molar-refractivity contribution in [3.63, 3.8) is 0 Å². The van der Waals surface area contributed by atoms with Crippen LogP contribution in [0.4, 0.5) is 0 Å². The van der Waals surface area contributed by atoms with E-state index in [2.05, 4.69) is 5.32 Å². The zero-order valence-electron chi connectivity index (χ0n) is 15.1. The first-order chi connectivity index (χ1) is 13.0. The summed E-state index contributed by atoms with van der Waals surface area (Å²) >= 11 is 0. The minimum atomic E-state index is -0.970. The summed E-state index contributed by atoms with van der Waals surface area (Å²) in [5, 5.41) is 20.9. The van der Waals surface area contributed by atoms with Crippen LogP contribution in [0.1, 0.15) is 28.4 Å². The maximum atomic E-state index is 12.3. The van der Waals surface area contributed by atoms with Gasteiger partial charge in [0.2, 0.25) is 0 Å². The molecule has 0 aliphatic rings. The third kappa shape index (κ3) is 6.15. The number of ether oxygens (including phenoxy) is 1. The number of nitrogens with zero attached hydrogens (tertiary/aromatic N) is 1. The van der Waals surface area contributed by atoms with Crippen LogP contribution in [0.5, 0.6) is 5.75 Å². The molecule has 140 valence electrons. The molecular formula is C21H22N2O4. The van der Waals surface area contributed by atoms with Crippen molar-refractivity contribution in [1.29, 1.82) is 5.26 Å². The first-order valence-electron chi connectivity index (χ1n) is 8.72. The van der Waals surface area contributed by atoms with Crippen molar-refractivity contribution in [2.45, 2.75) is 19.8 Å². The molecule has 1 unspecified atom stereocenters. The van der Waals surface area contributed by atoms with Crippen LogP contribution < -0.4 is 10.1 Å². The summed E-state index contributed by atoms with van der Waals surface area (Å²) < 4.78 is 5.37. The summed E-state index contributed by atoms with van der Waals surface area (Å²) in [6.07, 6.45) is 0.521. The number of amides is 1. The fourth-order valence-electron chi connectivity index (χ4n) is 2.65. The monoisotopic (exact) mass is 366 g/mol.